The minimum absolute atomic E-state index is 0.0415. The Balaban J connectivity index is 2.41. The monoisotopic (exact) mass is 268 g/mol. The van der Waals surface area contributed by atoms with Crippen molar-refractivity contribution < 1.29 is 19.1 Å². The van der Waals surface area contributed by atoms with Crippen LogP contribution in [0, 0.1) is 5.92 Å². The fourth-order valence-corrected chi connectivity index (χ4v) is 1.71. The second-order valence-electron chi connectivity index (χ2n) is 4.75. The van der Waals surface area contributed by atoms with Crippen LogP contribution < -0.4 is 10.6 Å². The molecule has 0 fully saturated rings. The van der Waals surface area contributed by atoms with Crippen LogP contribution in [0.5, 0.6) is 0 Å². The predicted molar refractivity (Wildman–Crippen MR) is 69.5 cm³/mol. The number of hydrogen-bond donors (Lipinski definition) is 3. The molecule has 1 aromatic heterocycles. The summed E-state index contributed by atoms with van der Waals surface area (Å²) in [6.45, 7) is 5.33. The van der Waals surface area contributed by atoms with E-state index in [1.165, 1.54) is 6.26 Å². The molecule has 1 heterocycles. The van der Waals surface area contributed by atoms with Gasteiger partial charge in [-0.05, 0) is 25.0 Å². The molecule has 6 nitrogen and oxygen atoms in total. The van der Waals surface area contributed by atoms with Crippen LogP contribution in [0.3, 0.4) is 0 Å². The van der Waals surface area contributed by atoms with E-state index in [2.05, 4.69) is 10.6 Å². The highest BCUT2D eigenvalue weighted by Gasteiger charge is 2.22. The molecule has 3 N–H and O–H groups in total. The molecule has 19 heavy (non-hydrogen) atoms. The molecule has 0 aliphatic heterocycles. The molecular weight excluding hydrogens is 248 g/mol. The average molecular weight is 268 g/mol. The van der Waals surface area contributed by atoms with Crippen LogP contribution in [0.4, 0.5) is 0 Å². The van der Waals surface area contributed by atoms with Crippen LogP contribution in [0.25, 0.3) is 0 Å². The lowest BCUT2D eigenvalue weighted by Gasteiger charge is -2.18. The summed E-state index contributed by atoms with van der Waals surface area (Å²) in [5.74, 6) is -0.655. The van der Waals surface area contributed by atoms with Gasteiger partial charge in [-0.3, -0.25) is 14.9 Å². The lowest BCUT2D eigenvalue weighted by atomic mass is 10.1. The smallest absolute Gasteiger partial charge is 0.320 e. The van der Waals surface area contributed by atoms with E-state index in [1.807, 2.05) is 0 Å². The Morgan fingerprint density at radius 3 is 2.53 bits per heavy atom. The summed E-state index contributed by atoms with van der Waals surface area (Å²) >= 11 is 0. The number of nitrogens with one attached hydrogen (secondary N) is 2. The van der Waals surface area contributed by atoms with Crippen LogP contribution in [0.1, 0.15) is 32.6 Å². The van der Waals surface area contributed by atoms with Crippen molar-refractivity contribution in [2.24, 2.45) is 5.92 Å². The first-order valence-corrected chi connectivity index (χ1v) is 6.20. The van der Waals surface area contributed by atoms with Crippen LogP contribution >= 0.6 is 0 Å². The van der Waals surface area contributed by atoms with Gasteiger partial charge in [-0.1, -0.05) is 13.8 Å². The van der Waals surface area contributed by atoms with Crippen LogP contribution in [-0.2, 0) is 9.59 Å². The maximum atomic E-state index is 11.7. The zero-order valence-electron chi connectivity index (χ0n) is 11.3. The van der Waals surface area contributed by atoms with E-state index in [0.717, 1.165) is 0 Å². The third-order valence-electron chi connectivity index (χ3n) is 2.76. The van der Waals surface area contributed by atoms with Crippen LogP contribution in [-0.4, -0.2) is 29.6 Å². The van der Waals surface area contributed by atoms with Crippen molar-refractivity contribution in [3.05, 3.63) is 24.2 Å². The molecule has 2 atom stereocenters. The van der Waals surface area contributed by atoms with Crippen molar-refractivity contribution in [1.82, 2.24) is 10.6 Å². The Bertz CT molecular complexity index is 414. The van der Waals surface area contributed by atoms with E-state index in [1.54, 1.807) is 32.9 Å². The largest absolute Gasteiger partial charge is 0.480 e. The van der Waals surface area contributed by atoms with Gasteiger partial charge in [-0.25, -0.2) is 0 Å². The lowest BCUT2D eigenvalue weighted by molar-refractivity contribution is -0.140. The van der Waals surface area contributed by atoms with E-state index in [0.29, 0.717) is 5.76 Å². The highest BCUT2D eigenvalue weighted by Crippen LogP contribution is 2.11. The Hall–Kier alpha value is -1.82. The molecule has 106 valence electrons. The number of aliphatic carboxylic acids is 1. The predicted octanol–water partition coefficient (Wildman–Crippen LogP) is 1.16. The molecule has 0 radical (unpaired) electrons. The summed E-state index contributed by atoms with van der Waals surface area (Å²) in [6, 6.07) is 2.54. The molecule has 0 bridgehead atoms. The van der Waals surface area contributed by atoms with Gasteiger partial charge >= 0.3 is 5.97 Å². The topological polar surface area (TPSA) is 91.6 Å². The molecule has 1 amide bonds. The van der Waals surface area contributed by atoms with Gasteiger partial charge < -0.3 is 14.8 Å². The van der Waals surface area contributed by atoms with Gasteiger partial charge in [-0.2, -0.15) is 0 Å². The van der Waals surface area contributed by atoms with Gasteiger partial charge in [0.15, 0.2) is 0 Å². The van der Waals surface area contributed by atoms with Gasteiger partial charge in [-0.15, -0.1) is 0 Å². The Labute approximate surface area is 112 Å². The number of carbonyl (C=O) groups is 2. The SMILES string of the molecule is CC(NC(=O)CNC(C(=O)O)C(C)C)c1ccco1. The summed E-state index contributed by atoms with van der Waals surface area (Å²) in [6.07, 6.45) is 1.54. The molecule has 0 aliphatic carbocycles. The molecular formula is C13H20N2O4. The lowest BCUT2D eigenvalue weighted by Crippen LogP contribution is -2.46. The quantitative estimate of drug-likeness (QED) is 0.690. The van der Waals surface area contributed by atoms with E-state index in [9.17, 15) is 9.59 Å². The molecule has 1 rings (SSSR count). The molecule has 1 aromatic rings. The molecule has 0 aliphatic rings. The first-order valence-electron chi connectivity index (χ1n) is 6.20. The van der Waals surface area contributed by atoms with Gasteiger partial charge in [0, 0.05) is 0 Å². The maximum Gasteiger partial charge on any atom is 0.320 e. The summed E-state index contributed by atoms with van der Waals surface area (Å²) in [5.41, 5.74) is 0. The minimum Gasteiger partial charge on any atom is -0.480 e. The number of furan rings is 1. The Morgan fingerprint density at radius 2 is 2.05 bits per heavy atom. The second kappa shape index (κ2) is 6.94. The van der Waals surface area contributed by atoms with Crippen molar-refractivity contribution in [3.63, 3.8) is 0 Å². The van der Waals surface area contributed by atoms with E-state index >= 15 is 0 Å². The third kappa shape index (κ3) is 4.75. The highest BCUT2D eigenvalue weighted by molar-refractivity contribution is 5.80. The molecule has 0 spiro atoms. The van der Waals surface area contributed by atoms with E-state index < -0.39 is 12.0 Å². The zero-order valence-corrected chi connectivity index (χ0v) is 11.3. The van der Waals surface area contributed by atoms with Gasteiger partial charge in [0.2, 0.25) is 5.91 Å². The highest BCUT2D eigenvalue weighted by atomic mass is 16.4. The fourth-order valence-electron chi connectivity index (χ4n) is 1.71. The van der Waals surface area contributed by atoms with Crippen molar-refractivity contribution in [3.8, 4) is 0 Å². The summed E-state index contributed by atoms with van der Waals surface area (Å²) in [4.78, 5) is 22.6. The maximum absolute atomic E-state index is 11.7. The zero-order chi connectivity index (χ0) is 14.4. The molecule has 6 heteroatoms. The number of carboxylic acid groups (broad SMARTS) is 1. The average Bonchev–Trinajstić information content (AvgIpc) is 2.81. The number of carbonyl (C=O) groups excluding carboxylic acids is 1. The molecule has 0 saturated heterocycles. The summed E-state index contributed by atoms with van der Waals surface area (Å²) in [7, 11) is 0. The minimum atomic E-state index is -0.957. The first kappa shape index (κ1) is 15.2. The van der Waals surface area contributed by atoms with E-state index in [-0.39, 0.29) is 24.4 Å². The number of amides is 1. The molecule has 0 aromatic carbocycles. The van der Waals surface area contributed by atoms with Gasteiger partial charge in [0.25, 0.3) is 0 Å². The summed E-state index contributed by atoms with van der Waals surface area (Å²) < 4.78 is 5.17. The van der Waals surface area contributed by atoms with Crippen molar-refractivity contribution in [1.29, 1.82) is 0 Å². The number of rotatable bonds is 7. The second-order valence-corrected chi connectivity index (χ2v) is 4.75. The fraction of sp³-hybridized carbons (Fsp3) is 0.538. The summed E-state index contributed by atoms with van der Waals surface area (Å²) in [5, 5.41) is 14.4. The van der Waals surface area contributed by atoms with Crippen molar-refractivity contribution >= 4 is 11.9 Å². The Morgan fingerprint density at radius 1 is 1.37 bits per heavy atom. The normalized spacial score (nSPS) is 14.1. The van der Waals surface area contributed by atoms with Crippen molar-refractivity contribution in [2.45, 2.75) is 32.9 Å². The van der Waals surface area contributed by atoms with E-state index in [4.69, 9.17) is 9.52 Å². The Kier molecular flexibility index (Phi) is 5.57. The standard InChI is InChI=1S/C13H20N2O4/c1-8(2)12(13(17)18)14-7-11(16)15-9(3)10-5-4-6-19-10/h4-6,8-9,12,14H,7H2,1-3H3,(H,15,16)(H,17,18). The van der Waals surface area contributed by atoms with Crippen molar-refractivity contribution in [2.75, 3.05) is 6.54 Å². The van der Waals surface area contributed by atoms with Crippen LogP contribution in [0.2, 0.25) is 0 Å². The first-order chi connectivity index (χ1) is 8.91. The van der Waals surface area contributed by atoms with Gasteiger partial charge in [0.05, 0.1) is 18.8 Å². The number of carboxylic acids is 1. The molecule has 0 saturated carbocycles. The van der Waals surface area contributed by atoms with Gasteiger partial charge in [0.1, 0.15) is 11.8 Å². The molecule has 2 unspecified atom stereocenters. The van der Waals surface area contributed by atoms with Crippen LogP contribution in [0.15, 0.2) is 22.8 Å². The number of hydrogen-bond acceptors (Lipinski definition) is 4. The third-order valence-corrected chi connectivity index (χ3v) is 2.76.